The number of thioether (sulfide) groups is 1. The quantitative estimate of drug-likeness (QED) is 0.642. The number of Topliss-reactive ketones (excluding diaryl/α,β-unsaturated/α-hetero) is 1. The monoisotopic (exact) mass is 368 g/mol. The maximum absolute atomic E-state index is 12.7. The summed E-state index contributed by atoms with van der Waals surface area (Å²) in [7, 11) is 1.65. The summed E-state index contributed by atoms with van der Waals surface area (Å²) in [6.07, 6.45) is 4.06. The van der Waals surface area contributed by atoms with Crippen molar-refractivity contribution in [3.63, 3.8) is 0 Å². The van der Waals surface area contributed by atoms with Crippen LogP contribution < -0.4 is 4.74 Å². The van der Waals surface area contributed by atoms with E-state index < -0.39 is 0 Å². The third kappa shape index (κ3) is 3.19. The van der Waals surface area contributed by atoms with Gasteiger partial charge in [0.25, 0.3) is 5.78 Å². The van der Waals surface area contributed by atoms with Gasteiger partial charge in [-0.3, -0.25) is 4.79 Å². The smallest absolute Gasteiger partial charge is 0.253 e. The number of methoxy groups -OCH3 is 1. The zero-order chi connectivity index (χ0) is 18.1. The first-order valence-corrected chi connectivity index (χ1v) is 9.72. The number of ketones is 1. The highest BCUT2D eigenvalue weighted by Gasteiger charge is 2.28. The topological polar surface area (TPSA) is 69.4 Å². The van der Waals surface area contributed by atoms with Crippen LogP contribution in [0, 0.1) is 0 Å². The van der Waals surface area contributed by atoms with Crippen LogP contribution >= 0.6 is 11.8 Å². The zero-order valence-electron chi connectivity index (χ0n) is 14.8. The molecule has 0 fully saturated rings. The third-order valence-corrected chi connectivity index (χ3v) is 5.63. The normalized spacial score (nSPS) is 16.7. The minimum Gasteiger partial charge on any atom is -0.497 e. The molecule has 2 heterocycles. The van der Waals surface area contributed by atoms with Crippen molar-refractivity contribution in [1.82, 2.24) is 19.6 Å². The zero-order valence-corrected chi connectivity index (χ0v) is 15.6. The molecule has 7 heteroatoms. The first-order chi connectivity index (χ1) is 12.7. The highest BCUT2D eigenvalue weighted by atomic mass is 32.2. The number of carbonyl (C=O) groups is 1. The van der Waals surface area contributed by atoms with Crippen molar-refractivity contribution in [3.05, 3.63) is 47.3 Å². The summed E-state index contributed by atoms with van der Waals surface area (Å²) in [5, 5.41) is 5.14. The molecule has 0 saturated heterocycles. The van der Waals surface area contributed by atoms with Crippen LogP contribution in [0.25, 0.3) is 5.78 Å². The summed E-state index contributed by atoms with van der Waals surface area (Å²) in [6.45, 7) is 2.12. The van der Waals surface area contributed by atoms with E-state index in [9.17, 15) is 4.79 Å². The van der Waals surface area contributed by atoms with Crippen LogP contribution in [-0.4, -0.2) is 38.2 Å². The van der Waals surface area contributed by atoms with Gasteiger partial charge in [0, 0.05) is 18.4 Å². The average Bonchev–Trinajstić information content (AvgIpc) is 3.06. The highest BCUT2D eigenvalue weighted by molar-refractivity contribution is 7.99. The second-order valence-electron chi connectivity index (χ2n) is 6.39. The fourth-order valence-electron chi connectivity index (χ4n) is 3.23. The van der Waals surface area contributed by atoms with Crippen LogP contribution in [-0.2, 0) is 6.42 Å². The number of hydrogen-bond donors (Lipinski definition) is 0. The Morgan fingerprint density at radius 1 is 1.23 bits per heavy atom. The van der Waals surface area contributed by atoms with E-state index in [0.717, 1.165) is 35.6 Å². The maximum Gasteiger partial charge on any atom is 0.253 e. The number of benzene rings is 1. The molecule has 0 amide bonds. The molecular weight excluding hydrogens is 348 g/mol. The number of aromatic nitrogens is 4. The van der Waals surface area contributed by atoms with Crippen molar-refractivity contribution in [1.29, 1.82) is 0 Å². The van der Waals surface area contributed by atoms with Gasteiger partial charge in [-0.1, -0.05) is 30.8 Å². The van der Waals surface area contributed by atoms with Gasteiger partial charge in [0.1, 0.15) is 5.75 Å². The Hall–Kier alpha value is -2.41. The number of hydrogen-bond acceptors (Lipinski definition) is 6. The number of carbonyl (C=O) groups excluding carboxylic acids is 1. The molecule has 0 aliphatic heterocycles. The molecule has 26 heavy (non-hydrogen) atoms. The molecule has 1 aliphatic carbocycles. The lowest BCUT2D eigenvalue weighted by atomic mass is 9.82. The predicted molar refractivity (Wildman–Crippen MR) is 100 cm³/mol. The van der Waals surface area contributed by atoms with Crippen molar-refractivity contribution in [2.75, 3.05) is 12.9 Å². The molecule has 1 atom stereocenters. The van der Waals surface area contributed by atoms with Gasteiger partial charge in [-0.15, -0.1) is 5.10 Å². The fraction of sp³-hybridized carbons (Fsp3) is 0.368. The molecule has 4 rings (SSSR count). The minimum absolute atomic E-state index is 0.111. The maximum atomic E-state index is 12.7. The van der Waals surface area contributed by atoms with E-state index in [1.165, 1.54) is 0 Å². The summed E-state index contributed by atoms with van der Waals surface area (Å²) in [4.78, 5) is 21.8. The van der Waals surface area contributed by atoms with E-state index in [4.69, 9.17) is 4.74 Å². The third-order valence-electron chi connectivity index (χ3n) is 4.59. The van der Waals surface area contributed by atoms with E-state index in [1.54, 1.807) is 29.6 Å². The largest absolute Gasteiger partial charge is 0.497 e. The van der Waals surface area contributed by atoms with Crippen LogP contribution in [0.2, 0.25) is 0 Å². The summed E-state index contributed by atoms with van der Waals surface area (Å²) >= 11 is 1.61. The van der Waals surface area contributed by atoms with Gasteiger partial charge in [0.2, 0.25) is 5.16 Å². The first kappa shape index (κ1) is 17.0. The van der Waals surface area contributed by atoms with Crippen LogP contribution in [0.1, 0.15) is 47.3 Å². The van der Waals surface area contributed by atoms with Crippen molar-refractivity contribution in [3.8, 4) is 5.75 Å². The Morgan fingerprint density at radius 3 is 2.77 bits per heavy atom. The average molecular weight is 368 g/mol. The molecule has 2 aromatic heterocycles. The van der Waals surface area contributed by atoms with Crippen LogP contribution in [0.5, 0.6) is 5.75 Å². The summed E-state index contributed by atoms with van der Waals surface area (Å²) in [5.74, 6) is 2.59. The number of rotatable bonds is 5. The van der Waals surface area contributed by atoms with Gasteiger partial charge >= 0.3 is 0 Å². The van der Waals surface area contributed by atoms with Crippen molar-refractivity contribution in [2.45, 2.75) is 37.3 Å². The minimum atomic E-state index is 0.111. The van der Waals surface area contributed by atoms with Gasteiger partial charge in [-0.2, -0.15) is 4.98 Å². The number of fused-ring (bicyclic) bond motifs is 2. The van der Waals surface area contributed by atoms with Crippen molar-refractivity contribution < 1.29 is 9.53 Å². The Kier molecular flexibility index (Phi) is 4.63. The van der Waals surface area contributed by atoms with Gasteiger partial charge < -0.3 is 4.74 Å². The molecule has 1 unspecified atom stereocenters. The molecule has 3 aromatic rings. The van der Waals surface area contributed by atoms with Crippen LogP contribution in [0.4, 0.5) is 0 Å². The van der Waals surface area contributed by atoms with Gasteiger partial charge in [0.15, 0.2) is 5.78 Å². The van der Waals surface area contributed by atoms with E-state index in [1.807, 2.05) is 24.3 Å². The lowest BCUT2D eigenvalue weighted by Crippen LogP contribution is -2.21. The summed E-state index contributed by atoms with van der Waals surface area (Å²) in [5.41, 5.74) is 2.61. The van der Waals surface area contributed by atoms with Gasteiger partial charge in [-0.05, 0) is 36.5 Å². The molecular formula is C19H20N4O2S. The lowest BCUT2D eigenvalue weighted by Gasteiger charge is -2.23. The summed E-state index contributed by atoms with van der Waals surface area (Å²) in [6, 6.07) is 7.91. The molecule has 0 bridgehead atoms. The van der Waals surface area contributed by atoms with Crippen LogP contribution in [0.15, 0.2) is 35.6 Å². The SMILES string of the molecule is CCCSc1nc2nc3c(cn2n1)C(=O)CC(c1ccc(OC)cc1)C3. The van der Waals surface area contributed by atoms with Gasteiger partial charge in [-0.25, -0.2) is 9.50 Å². The molecule has 0 spiro atoms. The predicted octanol–water partition coefficient (Wildman–Crippen LogP) is 3.55. The number of nitrogens with zero attached hydrogens (tertiary/aromatic N) is 4. The molecule has 1 aromatic carbocycles. The second-order valence-corrected chi connectivity index (χ2v) is 7.45. The molecule has 6 nitrogen and oxygen atoms in total. The van der Waals surface area contributed by atoms with E-state index >= 15 is 0 Å². The Labute approximate surface area is 156 Å². The van der Waals surface area contributed by atoms with E-state index in [0.29, 0.717) is 22.9 Å². The van der Waals surface area contributed by atoms with E-state index in [2.05, 4.69) is 22.0 Å². The fourth-order valence-corrected chi connectivity index (χ4v) is 3.91. The van der Waals surface area contributed by atoms with Crippen LogP contribution in [0.3, 0.4) is 0 Å². The van der Waals surface area contributed by atoms with Crippen molar-refractivity contribution >= 4 is 23.3 Å². The lowest BCUT2D eigenvalue weighted by molar-refractivity contribution is 0.0962. The standard InChI is InChI=1S/C19H20N4O2S/c1-3-8-26-19-21-18-20-16-9-13(12-4-6-14(25-2)7-5-12)10-17(24)15(16)11-23(18)22-19/h4-7,11,13H,3,8-10H2,1-2H3. The second kappa shape index (κ2) is 7.07. The number of ether oxygens (including phenoxy) is 1. The van der Waals surface area contributed by atoms with Gasteiger partial charge in [0.05, 0.1) is 18.4 Å². The molecule has 0 saturated carbocycles. The molecule has 1 aliphatic rings. The Bertz CT molecular complexity index is 952. The first-order valence-electron chi connectivity index (χ1n) is 8.74. The van der Waals surface area contributed by atoms with E-state index in [-0.39, 0.29) is 11.7 Å². The molecule has 134 valence electrons. The van der Waals surface area contributed by atoms with Crippen molar-refractivity contribution in [2.24, 2.45) is 0 Å². The highest BCUT2D eigenvalue weighted by Crippen LogP contribution is 2.32. The molecule has 0 radical (unpaired) electrons. The Balaban J connectivity index is 1.65. The summed E-state index contributed by atoms with van der Waals surface area (Å²) < 4.78 is 6.84. The molecule has 0 N–H and O–H groups in total. The Morgan fingerprint density at radius 2 is 2.04 bits per heavy atom.